The Hall–Kier alpha value is -1.16. The first kappa shape index (κ1) is 14.8. The van der Waals surface area contributed by atoms with Crippen molar-refractivity contribution in [3.05, 3.63) is 68.7 Å². The lowest BCUT2D eigenvalue weighted by atomic mass is 9.94. The Balaban J connectivity index is 2.03. The fraction of sp³-hybridized carbons (Fsp3) is 0.333. The summed E-state index contributed by atoms with van der Waals surface area (Å²) in [7, 11) is 0. The number of nitrogens with one attached hydrogen (secondary N) is 1. The number of rotatable bonds is 4. The van der Waals surface area contributed by atoms with Crippen LogP contribution in [-0.4, -0.2) is 6.54 Å². The van der Waals surface area contributed by atoms with Crippen molar-refractivity contribution in [1.29, 1.82) is 0 Å². The molecule has 0 saturated carbocycles. The van der Waals surface area contributed by atoms with Gasteiger partial charge in [-0.05, 0) is 41.3 Å². The summed E-state index contributed by atoms with van der Waals surface area (Å²) in [5, 5.41) is 3.60. The molecule has 1 unspecified atom stereocenters. The number of hydrogen-bond acceptors (Lipinski definition) is 2. The number of hydrogen-bond donors (Lipinski definition) is 1. The van der Waals surface area contributed by atoms with E-state index in [1.54, 1.807) is 0 Å². The minimum absolute atomic E-state index is 0.204. The molecule has 0 saturated heterocycles. The Morgan fingerprint density at radius 3 is 2.81 bits per heavy atom. The van der Waals surface area contributed by atoms with Crippen molar-refractivity contribution in [2.75, 3.05) is 6.54 Å². The summed E-state index contributed by atoms with van der Waals surface area (Å²) >= 11 is 3.75. The molecule has 110 valence electrons. The number of benzene rings is 2. The summed E-state index contributed by atoms with van der Waals surface area (Å²) in [6.07, 6.45) is 0. The number of fused-ring (bicyclic) bond motifs is 1. The van der Waals surface area contributed by atoms with E-state index >= 15 is 0 Å². The van der Waals surface area contributed by atoms with Gasteiger partial charge in [-0.3, -0.25) is 0 Å². The molecule has 1 N–H and O–H groups in total. The maximum Gasteiger partial charge on any atom is 0.0725 e. The van der Waals surface area contributed by atoms with Gasteiger partial charge in [0.25, 0.3) is 0 Å². The highest BCUT2D eigenvalue weighted by Crippen LogP contribution is 2.32. The molecule has 3 rings (SSSR count). The van der Waals surface area contributed by atoms with Crippen LogP contribution in [0.15, 0.2) is 40.9 Å². The van der Waals surface area contributed by atoms with E-state index in [2.05, 4.69) is 71.5 Å². The van der Waals surface area contributed by atoms with Crippen LogP contribution >= 0.6 is 15.9 Å². The molecule has 0 radical (unpaired) electrons. The molecule has 2 aromatic carbocycles. The lowest BCUT2D eigenvalue weighted by molar-refractivity contribution is 0.134. The number of ether oxygens (including phenoxy) is 1. The van der Waals surface area contributed by atoms with Crippen molar-refractivity contribution in [2.24, 2.45) is 0 Å². The van der Waals surface area contributed by atoms with E-state index in [0.29, 0.717) is 0 Å². The smallest absolute Gasteiger partial charge is 0.0725 e. The summed E-state index contributed by atoms with van der Waals surface area (Å²) in [5.74, 6) is 0. The third-order valence-electron chi connectivity index (χ3n) is 4.02. The van der Waals surface area contributed by atoms with Crippen LogP contribution in [0.3, 0.4) is 0 Å². The topological polar surface area (TPSA) is 21.3 Å². The first-order chi connectivity index (χ1) is 10.2. The number of aryl methyl sites for hydroxylation is 1. The van der Waals surface area contributed by atoms with E-state index in [0.717, 1.165) is 19.8 Å². The van der Waals surface area contributed by atoms with Crippen LogP contribution in [-0.2, 0) is 18.0 Å². The molecule has 1 heterocycles. The predicted molar refractivity (Wildman–Crippen MR) is 89.3 cm³/mol. The van der Waals surface area contributed by atoms with Gasteiger partial charge >= 0.3 is 0 Å². The third-order valence-corrected chi connectivity index (χ3v) is 5.10. The Morgan fingerprint density at radius 2 is 2.00 bits per heavy atom. The van der Waals surface area contributed by atoms with Crippen molar-refractivity contribution in [3.8, 4) is 0 Å². The van der Waals surface area contributed by atoms with Crippen LogP contribution in [0.5, 0.6) is 0 Å². The van der Waals surface area contributed by atoms with Crippen molar-refractivity contribution in [3.63, 3.8) is 0 Å². The summed E-state index contributed by atoms with van der Waals surface area (Å²) < 4.78 is 6.72. The van der Waals surface area contributed by atoms with E-state index in [-0.39, 0.29) is 6.04 Å². The summed E-state index contributed by atoms with van der Waals surface area (Å²) in [4.78, 5) is 0. The van der Waals surface area contributed by atoms with Crippen LogP contribution in [0.4, 0.5) is 0 Å². The Bertz CT molecular complexity index is 654. The number of halogens is 1. The summed E-state index contributed by atoms with van der Waals surface area (Å²) in [6.45, 7) is 6.69. The van der Waals surface area contributed by atoms with Crippen LogP contribution in [0.2, 0.25) is 0 Å². The van der Waals surface area contributed by atoms with Gasteiger partial charge < -0.3 is 10.1 Å². The summed E-state index contributed by atoms with van der Waals surface area (Å²) in [5.41, 5.74) is 6.49. The molecule has 1 aliphatic rings. The summed E-state index contributed by atoms with van der Waals surface area (Å²) in [6, 6.07) is 13.3. The largest absolute Gasteiger partial charge is 0.372 e. The molecule has 21 heavy (non-hydrogen) atoms. The molecule has 0 bridgehead atoms. The lowest BCUT2D eigenvalue weighted by Gasteiger charge is -2.22. The fourth-order valence-corrected chi connectivity index (χ4v) is 3.37. The molecule has 0 amide bonds. The molecule has 0 aliphatic carbocycles. The van der Waals surface area contributed by atoms with Crippen LogP contribution < -0.4 is 5.32 Å². The molecule has 0 fully saturated rings. The molecule has 0 spiro atoms. The van der Waals surface area contributed by atoms with Gasteiger partial charge in [0.15, 0.2) is 0 Å². The SMILES string of the molecule is CCNC(c1ccc2c(c1)COC2)c1cccc(C)c1Br. The zero-order valence-electron chi connectivity index (χ0n) is 12.4. The second-order valence-electron chi connectivity index (χ2n) is 5.49. The Morgan fingerprint density at radius 1 is 1.19 bits per heavy atom. The van der Waals surface area contributed by atoms with Gasteiger partial charge in [0.1, 0.15) is 0 Å². The van der Waals surface area contributed by atoms with E-state index in [4.69, 9.17) is 4.74 Å². The van der Waals surface area contributed by atoms with Crippen molar-refractivity contribution in [1.82, 2.24) is 5.32 Å². The highest BCUT2D eigenvalue weighted by atomic mass is 79.9. The van der Waals surface area contributed by atoms with E-state index in [9.17, 15) is 0 Å². The van der Waals surface area contributed by atoms with Gasteiger partial charge in [-0.1, -0.05) is 59.3 Å². The monoisotopic (exact) mass is 345 g/mol. The zero-order valence-corrected chi connectivity index (χ0v) is 14.0. The molecule has 1 atom stereocenters. The molecule has 2 aromatic rings. The first-order valence-electron chi connectivity index (χ1n) is 7.38. The highest BCUT2D eigenvalue weighted by Gasteiger charge is 2.19. The zero-order chi connectivity index (χ0) is 14.8. The fourth-order valence-electron chi connectivity index (χ4n) is 2.88. The van der Waals surface area contributed by atoms with Crippen molar-refractivity contribution in [2.45, 2.75) is 33.1 Å². The average molecular weight is 346 g/mol. The van der Waals surface area contributed by atoms with Crippen LogP contribution in [0, 0.1) is 6.92 Å². The second kappa shape index (κ2) is 6.30. The quantitative estimate of drug-likeness (QED) is 0.881. The predicted octanol–water partition coefficient (Wildman–Crippen LogP) is 4.49. The molecular weight excluding hydrogens is 326 g/mol. The Labute approximate surface area is 134 Å². The maximum absolute atomic E-state index is 5.53. The van der Waals surface area contributed by atoms with Gasteiger partial charge in [0.05, 0.1) is 19.3 Å². The maximum atomic E-state index is 5.53. The van der Waals surface area contributed by atoms with Crippen LogP contribution in [0.25, 0.3) is 0 Å². The van der Waals surface area contributed by atoms with E-state index in [1.165, 1.54) is 32.3 Å². The highest BCUT2D eigenvalue weighted by molar-refractivity contribution is 9.10. The third kappa shape index (κ3) is 2.91. The molecule has 3 heteroatoms. The average Bonchev–Trinajstić information content (AvgIpc) is 2.95. The minimum Gasteiger partial charge on any atom is -0.372 e. The van der Waals surface area contributed by atoms with Gasteiger partial charge in [-0.15, -0.1) is 0 Å². The van der Waals surface area contributed by atoms with Crippen molar-refractivity contribution >= 4 is 15.9 Å². The van der Waals surface area contributed by atoms with Crippen molar-refractivity contribution < 1.29 is 4.74 Å². The molecule has 2 nitrogen and oxygen atoms in total. The first-order valence-corrected chi connectivity index (χ1v) is 8.18. The van der Waals surface area contributed by atoms with Gasteiger partial charge in [-0.25, -0.2) is 0 Å². The molecule has 1 aliphatic heterocycles. The van der Waals surface area contributed by atoms with Gasteiger partial charge in [0.2, 0.25) is 0 Å². The standard InChI is InChI=1S/C18H20BrNO/c1-3-20-18(16-6-4-5-12(2)17(16)19)13-7-8-14-10-21-11-15(14)9-13/h4-9,18,20H,3,10-11H2,1-2H3. The van der Waals surface area contributed by atoms with E-state index in [1.807, 2.05) is 0 Å². The van der Waals surface area contributed by atoms with E-state index < -0.39 is 0 Å². The van der Waals surface area contributed by atoms with Gasteiger partial charge in [-0.2, -0.15) is 0 Å². The molecular formula is C18H20BrNO. The minimum atomic E-state index is 0.204. The van der Waals surface area contributed by atoms with Crippen LogP contribution in [0.1, 0.15) is 40.8 Å². The normalized spacial score (nSPS) is 15.0. The lowest BCUT2D eigenvalue weighted by Crippen LogP contribution is -2.22. The second-order valence-corrected chi connectivity index (χ2v) is 6.28. The Kier molecular flexibility index (Phi) is 4.43. The molecule has 0 aromatic heterocycles. The van der Waals surface area contributed by atoms with Gasteiger partial charge in [0, 0.05) is 4.47 Å².